The molecule has 0 saturated carbocycles. The van der Waals surface area contributed by atoms with Gasteiger partial charge in [-0.15, -0.1) is 0 Å². The van der Waals surface area contributed by atoms with Crippen molar-refractivity contribution in [2.45, 2.75) is 0 Å². The first-order chi connectivity index (χ1) is 14.5. The molecule has 3 aromatic rings. The summed E-state index contributed by atoms with van der Waals surface area (Å²) in [4.78, 5) is 28.6. The van der Waals surface area contributed by atoms with Crippen LogP contribution in [0, 0.1) is 0 Å². The molecule has 0 N–H and O–H groups in total. The maximum Gasteiger partial charge on any atom is 0.363 e. The standard InChI is InChI=1S/C23H13BrClNO4/c24-16-9-7-15(8-10-16)21-26-20(23(28)30-21)13-14-5-11-17(12-6-14)29-22(27)18-3-1-2-4-19(18)25/h1-13H/b20-13-. The smallest absolute Gasteiger partial charge is 0.363 e. The van der Waals surface area contributed by atoms with Crippen molar-refractivity contribution in [1.82, 2.24) is 0 Å². The molecule has 5 nitrogen and oxygen atoms in total. The lowest BCUT2D eigenvalue weighted by atomic mass is 10.2. The van der Waals surface area contributed by atoms with E-state index in [0.717, 1.165) is 4.47 Å². The highest BCUT2D eigenvalue weighted by Crippen LogP contribution is 2.23. The molecule has 0 aromatic heterocycles. The molecule has 0 atom stereocenters. The maximum atomic E-state index is 12.2. The van der Waals surface area contributed by atoms with Gasteiger partial charge in [0.25, 0.3) is 0 Å². The van der Waals surface area contributed by atoms with Crippen LogP contribution in [0.5, 0.6) is 5.75 Å². The fourth-order valence-corrected chi connectivity index (χ4v) is 3.18. The molecule has 0 amide bonds. The Morgan fingerprint density at radius 1 is 1.00 bits per heavy atom. The van der Waals surface area contributed by atoms with E-state index >= 15 is 0 Å². The molecule has 0 bridgehead atoms. The molecule has 0 radical (unpaired) electrons. The number of carbonyl (C=O) groups excluding carboxylic acids is 2. The van der Waals surface area contributed by atoms with Crippen LogP contribution in [0.1, 0.15) is 21.5 Å². The van der Waals surface area contributed by atoms with Gasteiger partial charge >= 0.3 is 11.9 Å². The van der Waals surface area contributed by atoms with Crippen LogP contribution in [0.25, 0.3) is 6.08 Å². The van der Waals surface area contributed by atoms with E-state index in [4.69, 9.17) is 21.1 Å². The van der Waals surface area contributed by atoms with Crippen LogP contribution in [0.4, 0.5) is 0 Å². The quantitative estimate of drug-likeness (QED) is 0.273. The minimum atomic E-state index is -0.546. The second-order valence-electron chi connectivity index (χ2n) is 6.28. The minimum absolute atomic E-state index is 0.189. The molecule has 3 aromatic carbocycles. The van der Waals surface area contributed by atoms with Gasteiger partial charge in [-0.3, -0.25) is 0 Å². The van der Waals surface area contributed by atoms with Gasteiger partial charge in [-0.05, 0) is 60.2 Å². The van der Waals surface area contributed by atoms with Crippen molar-refractivity contribution in [2.24, 2.45) is 4.99 Å². The first-order valence-electron chi connectivity index (χ1n) is 8.85. The fourth-order valence-electron chi connectivity index (χ4n) is 2.70. The van der Waals surface area contributed by atoms with E-state index in [1.165, 1.54) is 0 Å². The predicted octanol–water partition coefficient (Wildman–Crippen LogP) is 5.67. The summed E-state index contributed by atoms with van der Waals surface area (Å²) in [6, 6.07) is 20.6. The van der Waals surface area contributed by atoms with Crippen LogP contribution in [-0.2, 0) is 9.53 Å². The second kappa shape index (κ2) is 8.65. The Labute approximate surface area is 185 Å². The van der Waals surface area contributed by atoms with Crippen molar-refractivity contribution < 1.29 is 19.1 Å². The maximum absolute atomic E-state index is 12.2. The average Bonchev–Trinajstić information content (AvgIpc) is 3.10. The van der Waals surface area contributed by atoms with Gasteiger partial charge in [0.15, 0.2) is 5.70 Å². The van der Waals surface area contributed by atoms with Gasteiger partial charge in [0, 0.05) is 10.0 Å². The van der Waals surface area contributed by atoms with Crippen molar-refractivity contribution in [3.63, 3.8) is 0 Å². The van der Waals surface area contributed by atoms with Crippen molar-refractivity contribution in [2.75, 3.05) is 0 Å². The molecule has 0 saturated heterocycles. The number of cyclic esters (lactones) is 1. The summed E-state index contributed by atoms with van der Waals surface area (Å²) in [6.45, 7) is 0. The highest BCUT2D eigenvalue weighted by atomic mass is 79.9. The number of ether oxygens (including phenoxy) is 2. The van der Waals surface area contributed by atoms with Crippen molar-refractivity contribution >= 4 is 51.4 Å². The van der Waals surface area contributed by atoms with Crippen LogP contribution in [-0.4, -0.2) is 17.8 Å². The number of carbonyl (C=O) groups is 2. The van der Waals surface area contributed by atoms with Crippen molar-refractivity contribution in [3.05, 3.63) is 105 Å². The molecule has 0 unspecified atom stereocenters. The summed E-state index contributed by atoms with van der Waals surface area (Å²) < 4.78 is 11.5. The fraction of sp³-hybridized carbons (Fsp3) is 0. The van der Waals surface area contributed by atoms with E-state index < -0.39 is 11.9 Å². The Kier molecular flexibility index (Phi) is 5.79. The number of hydrogen-bond donors (Lipinski definition) is 0. The molecule has 1 aliphatic rings. The number of esters is 2. The number of halogens is 2. The minimum Gasteiger partial charge on any atom is -0.423 e. The molecule has 148 valence electrons. The molecular weight excluding hydrogens is 470 g/mol. The third-order valence-corrected chi connectivity index (χ3v) is 5.06. The SMILES string of the molecule is O=C1OC(c2ccc(Br)cc2)=N/C1=C\c1ccc(OC(=O)c2ccccc2Cl)cc1. The molecule has 4 rings (SSSR count). The van der Waals surface area contributed by atoms with Gasteiger partial charge in [0.1, 0.15) is 5.75 Å². The lowest BCUT2D eigenvalue weighted by Gasteiger charge is -2.06. The van der Waals surface area contributed by atoms with Crippen LogP contribution >= 0.6 is 27.5 Å². The number of hydrogen-bond acceptors (Lipinski definition) is 5. The monoisotopic (exact) mass is 481 g/mol. The Balaban J connectivity index is 1.49. The zero-order chi connectivity index (χ0) is 21.1. The molecule has 1 aliphatic heterocycles. The summed E-state index contributed by atoms with van der Waals surface area (Å²) in [6.07, 6.45) is 1.61. The summed E-state index contributed by atoms with van der Waals surface area (Å²) in [7, 11) is 0. The van der Waals surface area contributed by atoms with Crippen molar-refractivity contribution in [1.29, 1.82) is 0 Å². The largest absolute Gasteiger partial charge is 0.423 e. The molecular formula is C23H13BrClNO4. The van der Waals surface area contributed by atoms with Crippen LogP contribution in [0.3, 0.4) is 0 Å². The van der Waals surface area contributed by atoms with E-state index in [-0.39, 0.29) is 17.2 Å². The van der Waals surface area contributed by atoms with Gasteiger partial charge in [-0.1, -0.05) is 51.8 Å². The predicted molar refractivity (Wildman–Crippen MR) is 118 cm³/mol. The van der Waals surface area contributed by atoms with Crippen LogP contribution in [0.15, 0.2) is 88.0 Å². The van der Waals surface area contributed by atoms with Crippen molar-refractivity contribution in [3.8, 4) is 5.75 Å². The summed E-state index contributed by atoms with van der Waals surface area (Å²) in [5.41, 5.74) is 1.89. The van der Waals surface area contributed by atoms with Gasteiger partial charge in [0.2, 0.25) is 5.90 Å². The molecule has 30 heavy (non-hydrogen) atoms. The molecule has 0 fully saturated rings. The normalized spacial score (nSPS) is 14.4. The van der Waals surface area contributed by atoms with Gasteiger partial charge in [-0.2, -0.15) is 0 Å². The third-order valence-electron chi connectivity index (χ3n) is 4.20. The summed E-state index contributed by atoms with van der Waals surface area (Å²) >= 11 is 9.38. The average molecular weight is 483 g/mol. The number of aliphatic imine (C=N–C) groups is 1. The Morgan fingerprint density at radius 3 is 2.40 bits per heavy atom. The zero-order valence-corrected chi connectivity index (χ0v) is 17.7. The number of benzene rings is 3. The van der Waals surface area contributed by atoms with E-state index in [2.05, 4.69) is 20.9 Å². The molecule has 0 spiro atoms. The van der Waals surface area contributed by atoms with E-state index in [1.54, 1.807) is 66.7 Å². The molecule has 1 heterocycles. The molecule has 0 aliphatic carbocycles. The van der Waals surface area contributed by atoms with E-state index in [0.29, 0.717) is 21.9 Å². The lowest BCUT2D eigenvalue weighted by molar-refractivity contribution is -0.129. The third kappa shape index (κ3) is 4.50. The zero-order valence-electron chi connectivity index (χ0n) is 15.3. The highest BCUT2D eigenvalue weighted by Gasteiger charge is 2.24. The Hall–Kier alpha value is -3.22. The van der Waals surface area contributed by atoms with Gasteiger partial charge in [-0.25, -0.2) is 14.6 Å². The Bertz CT molecular complexity index is 1180. The summed E-state index contributed by atoms with van der Waals surface area (Å²) in [5.74, 6) is -0.462. The number of rotatable bonds is 4. The lowest BCUT2D eigenvalue weighted by Crippen LogP contribution is -2.08. The van der Waals surface area contributed by atoms with Crippen LogP contribution in [0.2, 0.25) is 5.02 Å². The first-order valence-corrected chi connectivity index (χ1v) is 10.0. The van der Waals surface area contributed by atoms with Gasteiger partial charge < -0.3 is 9.47 Å². The highest BCUT2D eigenvalue weighted by molar-refractivity contribution is 9.10. The molecule has 7 heteroatoms. The number of nitrogens with zero attached hydrogens (tertiary/aromatic N) is 1. The van der Waals surface area contributed by atoms with Gasteiger partial charge in [0.05, 0.1) is 10.6 Å². The van der Waals surface area contributed by atoms with Crippen LogP contribution < -0.4 is 4.74 Å². The Morgan fingerprint density at radius 2 is 1.70 bits per heavy atom. The van der Waals surface area contributed by atoms with E-state index in [9.17, 15) is 9.59 Å². The topological polar surface area (TPSA) is 65.0 Å². The second-order valence-corrected chi connectivity index (χ2v) is 7.60. The first kappa shape index (κ1) is 20.1. The summed E-state index contributed by atoms with van der Waals surface area (Å²) in [5, 5.41) is 0.322. The van der Waals surface area contributed by atoms with E-state index in [1.807, 2.05) is 12.1 Å².